The molecule has 0 bridgehead atoms. The van der Waals surface area contributed by atoms with Crippen molar-refractivity contribution in [1.82, 2.24) is 13.7 Å². The molecule has 0 aliphatic carbocycles. The topological polar surface area (TPSA) is 95.1 Å². The average Bonchev–Trinajstić information content (AvgIpc) is 2.73. The molecule has 1 aromatic carbocycles. The number of hydrogen-bond acceptors (Lipinski definition) is 4. The van der Waals surface area contributed by atoms with Crippen molar-refractivity contribution in [3.63, 3.8) is 0 Å². The molecule has 3 aromatic rings. The minimum absolute atomic E-state index is 0.0314. The highest BCUT2D eigenvalue weighted by molar-refractivity contribution is 6.11. The third kappa shape index (κ3) is 3.97. The molecule has 0 radical (unpaired) electrons. The standard InChI is InChI=1S/C23H28N4O4/c1-6-10-26-18(28)13-17(20(29)24-16-9-8-14(3)15(4)12-16)19-21(26)25(5)23(31)27(11-7-2)22(19)30/h8-9,12-13H,6-7,10-11H2,1-5H3,(H,24,29). The monoisotopic (exact) mass is 424 g/mol. The number of nitrogens with zero attached hydrogens (tertiary/aromatic N) is 3. The summed E-state index contributed by atoms with van der Waals surface area (Å²) in [5.41, 5.74) is 1.31. The van der Waals surface area contributed by atoms with Gasteiger partial charge in [-0.3, -0.25) is 28.1 Å². The van der Waals surface area contributed by atoms with Gasteiger partial charge in [-0.15, -0.1) is 0 Å². The van der Waals surface area contributed by atoms with Gasteiger partial charge in [0.25, 0.3) is 17.0 Å². The molecule has 0 saturated heterocycles. The number of nitrogens with one attached hydrogen (secondary N) is 1. The number of rotatable bonds is 6. The number of fused-ring (bicyclic) bond motifs is 1. The maximum atomic E-state index is 13.3. The van der Waals surface area contributed by atoms with Crippen LogP contribution in [0.15, 0.2) is 38.6 Å². The van der Waals surface area contributed by atoms with Crippen LogP contribution < -0.4 is 22.1 Å². The highest BCUT2D eigenvalue weighted by Gasteiger charge is 2.22. The molecule has 2 aromatic heterocycles. The predicted octanol–water partition coefficient (Wildman–Crippen LogP) is 2.55. The van der Waals surface area contributed by atoms with Gasteiger partial charge in [0.1, 0.15) is 5.65 Å². The number of pyridine rings is 1. The summed E-state index contributed by atoms with van der Waals surface area (Å²) in [6.07, 6.45) is 1.22. The lowest BCUT2D eigenvalue weighted by molar-refractivity contribution is 0.102. The van der Waals surface area contributed by atoms with Crippen molar-refractivity contribution >= 4 is 22.6 Å². The third-order valence-electron chi connectivity index (χ3n) is 5.48. The van der Waals surface area contributed by atoms with Crippen molar-refractivity contribution in [3.8, 4) is 0 Å². The number of anilines is 1. The summed E-state index contributed by atoms with van der Waals surface area (Å²) >= 11 is 0. The molecule has 3 rings (SSSR count). The van der Waals surface area contributed by atoms with E-state index in [1.807, 2.05) is 39.8 Å². The van der Waals surface area contributed by atoms with Crippen LogP contribution in [0.3, 0.4) is 0 Å². The van der Waals surface area contributed by atoms with Gasteiger partial charge in [0.2, 0.25) is 0 Å². The molecule has 0 fully saturated rings. The van der Waals surface area contributed by atoms with Gasteiger partial charge in [0, 0.05) is 31.9 Å². The van der Waals surface area contributed by atoms with Crippen LogP contribution in [0.1, 0.15) is 48.2 Å². The molecular formula is C23H28N4O4. The van der Waals surface area contributed by atoms with E-state index in [1.54, 1.807) is 6.07 Å². The highest BCUT2D eigenvalue weighted by atomic mass is 16.2. The number of aromatic nitrogens is 3. The third-order valence-corrected chi connectivity index (χ3v) is 5.48. The first-order chi connectivity index (χ1) is 14.7. The van der Waals surface area contributed by atoms with Crippen LogP contribution in [0.5, 0.6) is 0 Å². The van der Waals surface area contributed by atoms with E-state index < -0.39 is 22.7 Å². The summed E-state index contributed by atoms with van der Waals surface area (Å²) < 4.78 is 3.80. The summed E-state index contributed by atoms with van der Waals surface area (Å²) in [6.45, 7) is 8.23. The number of carbonyl (C=O) groups is 1. The average molecular weight is 425 g/mol. The summed E-state index contributed by atoms with van der Waals surface area (Å²) in [5.74, 6) is -0.562. The maximum absolute atomic E-state index is 13.3. The van der Waals surface area contributed by atoms with Crippen LogP contribution in [0.25, 0.3) is 11.0 Å². The summed E-state index contributed by atoms with van der Waals surface area (Å²) in [5, 5.41) is 2.86. The molecule has 0 aliphatic heterocycles. The fourth-order valence-electron chi connectivity index (χ4n) is 3.74. The van der Waals surface area contributed by atoms with E-state index in [2.05, 4.69) is 5.32 Å². The highest BCUT2D eigenvalue weighted by Crippen LogP contribution is 2.18. The van der Waals surface area contributed by atoms with E-state index >= 15 is 0 Å². The van der Waals surface area contributed by atoms with Gasteiger partial charge in [-0.1, -0.05) is 19.9 Å². The Kier molecular flexibility index (Phi) is 6.29. The molecule has 8 heteroatoms. The fraction of sp³-hybridized carbons (Fsp3) is 0.391. The van der Waals surface area contributed by atoms with Gasteiger partial charge in [-0.05, 0) is 49.9 Å². The Hall–Kier alpha value is -3.42. The van der Waals surface area contributed by atoms with E-state index in [0.717, 1.165) is 15.7 Å². The van der Waals surface area contributed by atoms with Crippen LogP contribution in [-0.4, -0.2) is 19.6 Å². The van der Waals surface area contributed by atoms with Crippen molar-refractivity contribution in [2.24, 2.45) is 7.05 Å². The first-order valence-corrected chi connectivity index (χ1v) is 10.5. The Morgan fingerprint density at radius 1 is 0.935 bits per heavy atom. The summed E-state index contributed by atoms with van der Waals surface area (Å²) in [4.78, 5) is 52.1. The zero-order valence-corrected chi connectivity index (χ0v) is 18.6. The number of benzene rings is 1. The minimum atomic E-state index is -0.562. The zero-order chi connectivity index (χ0) is 22.9. The second-order valence-corrected chi connectivity index (χ2v) is 7.80. The van der Waals surface area contributed by atoms with E-state index in [4.69, 9.17) is 0 Å². The van der Waals surface area contributed by atoms with Crippen LogP contribution in [0.2, 0.25) is 0 Å². The van der Waals surface area contributed by atoms with E-state index in [1.165, 1.54) is 22.2 Å². The zero-order valence-electron chi connectivity index (χ0n) is 18.6. The van der Waals surface area contributed by atoms with Crippen LogP contribution in [-0.2, 0) is 20.1 Å². The van der Waals surface area contributed by atoms with Gasteiger partial charge < -0.3 is 5.32 Å². The first-order valence-electron chi connectivity index (χ1n) is 10.5. The Labute approximate surface area is 179 Å². The SMILES string of the molecule is CCCn1c(=O)c2c(C(=O)Nc3ccc(C)c(C)c3)cc(=O)n(CCC)c2n(C)c1=O. The van der Waals surface area contributed by atoms with Crippen LogP contribution >= 0.6 is 0 Å². The first kappa shape index (κ1) is 22.3. The molecule has 0 spiro atoms. The van der Waals surface area contributed by atoms with E-state index in [0.29, 0.717) is 25.1 Å². The van der Waals surface area contributed by atoms with Crippen molar-refractivity contribution < 1.29 is 4.79 Å². The van der Waals surface area contributed by atoms with Crippen molar-refractivity contribution in [3.05, 3.63) is 72.1 Å². The lowest BCUT2D eigenvalue weighted by atomic mass is 10.1. The molecule has 8 nitrogen and oxygen atoms in total. The lowest BCUT2D eigenvalue weighted by Crippen LogP contribution is -2.42. The van der Waals surface area contributed by atoms with Gasteiger partial charge in [0.05, 0.1) is 10.9 Å². The quantitative estimate of drug-likeness (QED) is 0.658. The Bertz CT molecular complexity index is 1340. The van der Waals surface area contributed by atoms with Gasteiger partial charge in [-0.2, -0.15) is 0 Å². The van der Waals surface area contributed by atoms with Crippen molar-refractivity contribution in [2.75, 3.05) is 5.32 Å². The molecule has 31 heavy (non-hydrogen) atoms. The molecule has 0 aliphatic rings. The number of aryl methyl sites for hydroxylation is 4. The Morgan fingerprint density at radius 2 is 1.58 bits per heavy atom. The smallest absolute Gasteiger partial charge is 0.322 e. The maximum Gasteiger partial charge on any atom is 0.332 e. The second-order valence-electron chi connectivity index (χ2n) is 7.80. The van der Waals surface area contributed by atoms with Gasteiger partial charge in [-0.25, -0.2) is 4.79 Å². The Balaban J connectivity index is 2.32. The minimum Gasteiger partial charge on any atom is -0.322 e. The lowest BCUT2D eigenvalue weighted by Gasteiger charge is -2.17. The van der Waals surface area contributed by atoms with Gasteiger partial charge in [0.15, 0.2) is 0 Å². The largest absolute Gasteiger partial charge is 0.332 e. The predicted molar refractivity (Wildman–Crippen MR) is 122 cm³/mol. The number of hydrogen-bond donors (Lipinski definition) is 1. The molecule has 0 unspecified atom stereocenters. The normalized spacial score (nSPS) is 11.1. The number of carbonyl (C=O) groups excluding carboxylic acids is 1. The Morgan fingerprint density at radius 3 is 2.19 bits per heavy atom. The van der Waals surface area contributed by atoms with Crippen molar-refractivity contribution in [2.45, 2.75) is 53.6 Å². The molecule has 0 saturated carbocycles. The van der Waals surface area contributed by atoms with Gasteiger partial charge >= 0.3 is 5.69 Å². The summed E-state index contributed by atoms with van der Waals surface area (Å²) in [7, 11) is 1.52. The fourth-order valence-corrected chi connectivity index (χ4v) is 3.74. The molecule has 2 heterocycles. The molecular weight excluding hydrogens is 396 g/mol. The summed E-state index contributed by atoms with van der Waals surface area (Å²) in [6, 6.07) is 6.68. The molecule has 0 atom stereocenters. The molecule has 1 N–H and O–H groups in total. The second kappa shape index (κ2) is 8.75. The van der Waals surface area contributed by atoms with Crippen molar-refractivity contribution in [1.29, 1.82) is 0 Å². The van der Waals surface area contributed by atoms with Crippen LogP contribution in [0.4, 0.5) is 5.69 Å². The molecule has 164 valence electrons. The van der Waals surface area contributed by atoms with Crippen LogP contribution in [0, 0.1) is 13.8 Å². The molecule has 1 amide bonds. The van der Waals surface area contributed by atoms with E-state index in [9.17, 15) is 19.2 Å². The number of amides is 1. The van der Waals surface area contributed by atoms with E-state index in [-0.39, 0.29) is 23.1 Å².